The van der Waals surface area contributed by atoms with Crippen LogP contribution in [-0.4, -0.2) is 80.0 Å². The standard InChI is InChI=1S/C44H58FN5O9/c1-14-19-50(24-27-21-30-33(20-25(27)2)47-26(3)48-36(30)53)28-15-16-29(31(45)22-28)37(54)49(13)44(39(57)58,42(10,11)12)43(40(4,5)6,41(7,8)9)23-35(52)59-34(51)18-17-32(46)38(55)56/h1,15-16,20-22,32H,17-19,23-24,46H2,2-13H3,(H,55,56)(H,57,58)(H,47,48,53)/t32-,44-/m0/s1. The smallest absolute Gasteiger partial charge is 0.330 e. The Morgan fingerprint density at radius 2 is 1.54 bits per heavy atom. The van der Waals surface area contributed by atoms with E-state index in [1.807, 2.05) is 6.92 Å². The predicted octanol–water partition coefficient (Wildman–Crippen LogP) is 5.99. The highest BCUT2D eigenvalue weighted by atomic mass is 19.1. The Kier molecular flexibility index (Phi) is 14.0. The summed E-state index contributed by atoms with van der Waals surface area (Å²) in [5.74, 6) is -3.90. The number of nitrogens with zero attached hydrogens (tertiary/aromatic N) is 3. The molecule has 0 aliphatic rings. The van der Waals surface area contributed by atoms with Crippen LogP contribution >= 0.6 is 0 Å². The van der Waals surface area contributed by atoms with Crippen molar-refractivity contribution >= 4 is 46.4 Å². The van der Waals surface area contributed by atoms with E-state index in [1.165, 1.54) is 19.2 Å². The minimum Gasteiger partial charge on any atom is -0.480 e. The van der Waals surface area contributed by atoms with Crippen LogP contribution in [0.4, 0.5) is 10.1 Å². The molecular formula is C44H58FN5O9. The van der Waals surface area contributed by atoms with Gasteiger partial charge >= 0.3 is 23.9 Å². The number of nitrogens with two attached hydrogens (primary N) is 1. The quantitative estimate of drug-likeness (QED) is 0.0839. The van der Waals surface area contributed by atoms with Gasteiger partial charge in [-0.1, -0.05) is 68.2 Å². The Morgan fingerprint density at radius 1 is 0.949 bits per heavy atom. The molecule has 1 heterocycles. The molecule has 15 heteroatoms. The Balaban J connectivity index is 2.18. The highest BCUT2D eigenvalue weighted by Crippen LogP contribution is 2.66. The fourth-order valence-corrected chi connectivity index (χ4v) is 9.16. The minimum absolute atomic E-state index is 0.0312. The third-order valence-electron chi connectivity index (χ3n) is 11.5. The summed E-state index contributed by atoms with van der Waals surface area (Å²) in [5.41, 5.74) is -0.593. The van der Waals surface area contributed by atoms with Crippen molar-refractivity contribution in [3.63, 3.8) is 0 Å². The van der Waals surface area contributed by atoms with Crippen molar-refractivity contribution in [3.8, 4) is 12.3 Å². The van der Waals surface area contributed by atoms with Crippen LogP contribution in [0.1, 0.15) is 109 Å². The third-order valence-corrected chi connectivity index (χ3v) is 11.5. The number of hydrogen-bond acceptors (Lipinski definition) is 10. The number of anilines is 1. The summed E-state index contributed by atoms with van der Waals surface area (Å²) in [4.78, 5) is 89.3. The first kappa shape index (κ1) is 47.8. The van der Waals surface area contributed by atoms with Crippen LogP contribution in [0.25, 0.3) is 10.9 Å². The summed E-state index contributed by atoms with van der Waals surface area (Å²) in [6.45, 7) is 18.9. The number of aliphatic carboxylic acids is 2. The average Bonchev–Trinajstić information content (AvgIpc) is 3.08. The molecule has 0 fully saturated rings. The number of carboxylic acids is 2. The molecule has 2 aromatic carbocycles. The van der Waals surface area contributed by atoms with Crippen LogP contribution in [0.2, 0.25) is 0 Å². The number of aromatic nitrogens is 2. The molecule has 5 N–H and O–H groups in total. The number of nitrogens with one attached hydrogen (secondary N) is 1. The molecule has 0 aliphatic heterocycles. The van der Waals surface area contributed by atoms with Gasteiger partial charge in [-0.15, -0.1) is 6.42 Å². The minimum atomic E-state index is -2.30. The zero-order valence-electron chi connectivity index (χ0n) is 36.1. The van der Waals surface area contributed by atoms with E-state index < -0.39 is 87.2 Å². The van der Waals surface area contributed by atoms with Crippen LogP contribution in [0.3, 0.4) is 0 Å². The first-order valence-corrected chi connectivity index (χ1v) is 19.2. The van der Waals surface area contributed by atoms with E-state index in [1.54, 1.807) is 86.3 Å². The van der Waals surface area contributed by atoms with Crippen molar-refractivity contribution < 1.29 is 43.3 Å². The van der Waals surface area contributed by atoms with Crippen molar-refractivity contribution in [2.75, 3.05) is 18.5 Å². The molecule has 0 aliphatic carbocycles. The predicted molar refractivity (Wildman–Crippen MR) is 222 cm³/mol. The molecule has 320 valence electrons. The molecule has 0 saturated carbocycles. The maximum absolute atomic E-state index is 16.5. The number of terminal acetylenes is 1. The van der Waals surface area contributed by atoms with Gasteiger partial charge in [-0.05, 0) is 78.0 Å². The summed E-state index contributed by atoms with van der Waals surface area (Å²) in [6.07, 6.45) is 4.24. The van der Waals surface area contributed by atoms with Gasteiger partial charge in [-0.25, -0.2) is 14.2 Å². The monoisotopic (exact) mass is 819 g/mol. The Labute approximate surface area is 344 Å². The number of benzene rings is 2. The molecular weight excluding hydrogens is 762 g/mol. The number of rotatable bonds is 14. The lowest BCUT2D eigenvalue weighted by Gasteiger charge is -2.67. The highest BCUT2D eigenvalue weighted by molar-refractivity contribution is 5.99. The lowest BCUT2D eigenvalue weighted by Crippen LogP contribution is -2.77. The second-order valence-corrected chi connectivity index (χ2v) is 18.2. The molecule has 0 saturated heterocycles. The second-order valence-electron chi connectivity index (χ2n) is 18.2. The van der Waals surface area contributed by atoms with Crippen molar-refractivity contribution in [3.05, 3.63) is 69.0 Å². The van der Waals surface area contributed by atoms with E-state index in [9.17, 15) is 33.9 Å². The molecule has 14 nitrogen and oxygen atoms in total. The molecule has 59 heavy (non-hydrogen) atoms. The molecule has 1 aromatic heterocycles. The number of esters is 2. The topological polar surface area (TPSA) is 213 Å². The van der Waals surface area contributed by atoms with Crippen LogP contribution in [0.15, 0.2) is 35.1 Å². The summed E-state index contributed by atoms with van der Waals surface area (Å²) in [5, 5.41) is 21.0. The summed E-state index contributed by atoms with van der Waals surface area (Å²) in [6, 6.07) is 5.99. The first-order valence-electron chi connectivity index (χ1n) is 19.2. The molecule has 0 unspecified atom stereocenters. The normalized spacial score (nSPS) is 13.8. The number of carboxylic acid groups (broad SMARTS) is 2. The van der Waals surface area contributed by atoms with Crippen LogP contribution in [-0.2, 0) is 30.5 Å². The molecule has 0 bridgehead atoms. The zero-order valence-corrected chi connectivity index (χ0v) is 36.1. The number of aromatic amines is 1. The first-order chi connectivity index (χ1) is 27.0. The number of likely N-dealkylation sites (N-methyl/N-ethyl adjacent to an activating group) is 1. The largest absolute Gasteiger partial charge is 0.480 e. The Bertz CT molecular complexity index is 2230. The number of H-pyrrole nitrogens is 1. The van der Waals surface area contributed by atoms with E-state index in [-0.39, 0.29) is 25.1 Å². The van der Waals surface area contributed by atoms with Crippen molar-refractivity contribution in [2.24, 2.45) is 27.4 Å². The summed E-state index contributed by atoms with van der Waals surface area (Å²) < 4.78 is 21.7. The van der Waals surface area contributed by atoms with Crippen LogP contribution in [0.5, 0.6) is 0 Å². The second kappa shape index (κ2) is 17.3. The molecule has 0 spiro atoms. The number of amides is 1. The van der Waals surface area contributed by atoms with Crippen molar-refractivity contribution in [1.82, 2.24) is 14.9 Å². The van der Waals surface area contributed by atoms with Crippen LogP contribution in [0, 0.1) is 53.7 Å². The number of halogens is 1. The van der Waals surface area contributed by atoms with E-state index >= 15 is 4.39 Å². The van der Waals surface area contributed by atoms with Gasteiger partial charge in [0.15, 0.2) is 5.54 Å². The fraction of sp³-hybridized carbons (Fsp3) is 0.523. The summed E-state index contributed by atoms with van der Waals surface area (Å²) in [7, 11) is 1.26. The average molecular weight is 820 g/mol. The van der Waals surface area contributed by atoms with E-state index in [0.29, 0.717) is 22.4 Å². The lowest BCUT2D eigenvalue weighted by atomic mass is 9.40. The Morgan fingerprint density at radius 3 is 2.03 bits per heavy atom. The van der Waals surface area contributed by atoms with E-state index in [0.717, 1.165) is 22.1 Å². The number of ether oxygens (including phenoxy) is 1. The SMILES string of the molecule is C#CCN(Cc1cc2c(=O)[nH]c(C)nc2cc1C)c1ccc(C(=O)N(C)[C@@](C(=O)O)(C(C)(C)C)C(CC(=O)OC(=O)CC[C@H](N)C(=O)O)(C(C)(C)C)C(C)(C)C)c(F)c1. The lowest BCUT2D eigenvalue weighted by molar-refractivity contribution is -0.217. The fourth-order valence-electron chi connectivity index (χ4n) is 9.16. The number of fused-ring (bicyclic) bond motifs is 1. The van der Waals surface area contributed by atoms with Gasteiger partial charge in [0, 0.05) is 31.1 Å². The highest BCUT2D eigenvalue weighted by Gasteiger charge is 2.74. The van der Waals surface area contributed by atoms with Crippen molar-refractivity contribution in [2.45, 2.75) is 114 Å². The number of aryl methyl sites for hydroxylation is 2. The van der Waals surface area contributed by atoms with Gasteiger partial charge in [0.05, 0.1) is 29.4 Å². The summed E-state index contributed by atoms with van der Waals surface area (Å²) >= 11 is 0. The van der Waals surface area contributed by atoms with E-state index in [4.69, 9.17) is 22.0 Å². The van der Waals surface area contributed by atoms with Crippen LogP contribution < -0.4 is 16.2 Å². The van der Waals surface area contributed by atoms with E-state index in [2.05, 4.69) is 15.9 Å². The number of carbonyl (C=O) groups is 5. The number of carbonyl (C=O) groups excluding carboxylic acids is 3. The Hall–Kier alpha value is -5.62. The van der Waals surface area contributed by atoms with Gasteiger partial charge in [0.25, 0.3) is 11.5 Å². The molecule has 0 radical (unpaired) electrons. The third kappa shape index (κ3) is 9.17. The molecule has 3 rings (SSSR count). The van der Waals surface area contributed by atoms with Gasteiger partial charge in [0.1, 0.15) is 17.7 Å². The molecule has 3 aromatic rings. The molecule has 1 amide bonds. The van der Waals surface area contributed by atoms with Gasteiger partial charge < -0.3 is 35.5 Å². The van der Waals surface area contributed by atoms with Gasteiger partial charge in [-0.2, -0.15) is 0 Å². The van der Waals surface area contributed by atoms with Gasteiger partial charge in [-0.3, -0.25) is 24.0 Å². The van der Waals surface area contributed by atoms with Gasteiger partial charge in [0.2, 0.25) is 0 Å². The van der Waals surface area contributed by atoms with Crippen molar-refractivity contribution in [1.29, 1.82) is 0 Å². The maximum Gasteiger partial charge on any atom is 0.330 e. The maximum atomic E-state index is 16.5. The molecule has 2 atom stereocenters. The zero-order chi connectivity index (χ0) is 45.2. The number of hydrogen-bond donors (Lipinski definition) is 4.